The predicted octanol–water partition coefficient (Wildman–Crippen LogP) is 7.43. The minimum atomic E-state index is -4.75. The Morgan fingerprint density at radius 3 is 2.54 bits per heavy atom. The van der Waals surface area contributed by atoms with E-state index in [0.717, 1.165) is 57.6 Å². The molecule has 39 heavy (non-hydrogen) atoms. The van der Waals surface area contributed by atoms with Gasteiger partial charge in [0.1, 0.15) is 11.4 Å². The van der Waals surface area contributed by atoms with Gasteiger partial charge in [0.15, 0.2) is 5.76 Å². The number of nitrogens with one attached hydrogen (secondary N) is 2. The third kappa shape index (κ3) is 6.09. The zero-order valence-corrected chi connectivity index (χ0v) is 21.7. The summed E-state index contributed by atoms with van der Waals surface area (Å²) in [5, 5.41) is 7.09. The van der Waals surface area contributed by atoms with Crippen molar-refractivity contribution in [2.75, 3.05) is 5.32 Å². The van der Waals surface area contributed by atoms with Crippen molar-refractivity contribution in [2.45, 2.75) is 33.1 Å². The van der Waals surface area contributed by atoms with Crippen molar-refractivity contribution in [1.29, 1.82) is 0 Å². The minimum Gasteiger partial charge on any atom is -0.406 e. The number of fused-ring (bicyclic) bond motifs is 3. The molecule has 5 rings (SSSR count). The molecule has 0 radical (unpaired) electrons. The van der Waals surface area contributed by atoms with Gasteiger partial charge in [0, 0.05) is 28.6 Å². The number of ether oxygens (including phenoxy) is 1. The van der Waals surface area contributed by atoms with Crippen LogP contribution in [0.1, 0.15) is 27.8 Å². The van der Waals surface area contributed by atoms with Gasteiger partial charge in [-0.05, 0) is 79.3 Å². The Balaban J connectivity index is 1.23. The fraction of sp³-hybridized carbons (Fsp3) is 0.179. The Bertz CT molecular complexity index is 1530. The third-order valence-electron chi connectivity index (χ3n) is 6.28. The van der Waals surface area contributed by atoms with Crippen LogP contribution in [-0.2, 0) is 12.8 Å². The van der Waals surface area contributed by atoms with E-state index >= 15 is 0 Å². The maximum Gasteiger partial charge on any atom is 0.573 e. The first-order chi connectivity index (χ1) is 18.7. The number of aromatic nitrogens is 1. The van der Waals surface area contributed by atoms with Gasteiger partial charge in [-0.3, -0.25) is 4.72 Å². The Morgan fingerprint density at radius 1 is 1.08 bits per heavy atom. The molecule has 0 spiro atoms. The maximum absolute atomic E-state index is 12.4. The molecule has 0 fully saturated rings. The number of halogens is 3. The van der Waals surface area contributed by atoms with Crippen LogP contribution in [0.25, 0.3) is 22.6 Å². The second-order valence-electron chi connectivity index (χ2n) is 8.98. The molecule has 4 aromatic rings. The number of hydrogen-bond acceptors (Lipinski definition) is 6. The fourth-order valence-corrected chi connectivity index (χ4v) is 4.85. The lowest BCUT2D eigenvalue weighted by atomic mass is 9.87. The summed E-state index contributed by atoms with van der Waals surface area (Å²) in [5.74, 6) is 0.232. The smallest absolute Gasteiger partial charge is 0.406 e. The van der Waals surface area contributed by atoms with E-state index in [4.69, 9.17) is 4.52 Å². The quantitative estimate of drug-likeness (QED) is 0.192. The highest BCUT2D eigenvalue weighted by Crippen LogP contribution is 2.39. The molecule has 0 unspecified atom stereocenters. The third-order valence-corrected chi connectivity index (χ3v) is 6.77. The zero-order valence-electron chi connectivity index (χ0n) is 20.9. The number of hydrogen-bond donors (Lipinski definition) is 2. The van der Waals surface area contributed by atoms with E-state index in [2.05, 4.69) is 24.3 Å². The van der Waals surface area contributed by atoms with Crippen molar-refractivity contribution >= 4 is 30.1 Å². The number of nitrogens with zero attached hydrogens (tertiary/aromatic N) is 2. The number of benzene rings is 3. The first kappa shape index (κ1) is 26.4. The molecule has 3 aromatic carbocycles. The Morgan fingerprint density at radius 2 is 1.82 bits per heavy atom. The van der Waals surface area contributed by atoms with Crippen molar-refractivity contribution in [3.05, 3.63) is 88.5 Å². The van der Waals surface area contributed by atoms with Gasteiger partial charge in [-0.15, -0.1) is 13.2 Å². The Kier molecular flexibility index (Phi) is 7.34. The van der Waals surface area contributed by atoms with Crippen molar-refractivity contribution in [3.8, 4) is 28.3 Å². The molecule has 0 bridgehead atoms. The van der Waals surface area contributed by atoms with E-state index in [1.165, 1.54) is 24.3 Å². The lowest BCUT2D eigenvalue weighted by molar-refractivity contribution is -0.274. The highest BCUT2D eigenvalue weighted by Gasteiger charge is 2.31. The molecular formula is C28H23F3N4O3S. The molecule has 2 amide bonds. The fourth-order valence-electron chi connectivity index (χ4n) is 4.48. The van der Waals surface area contributed by atoms with Gasteiger partial charge in [0.25, 0.3) is 0 Å². The number of amides is 2. The molecule has 7 nitrogen and oxygen atoms in total. The molecule has 1 aromatic heterocycles. The first-order valence-electron chi connectivity index (χ1n) is 12.0. The van der Waals surface area contributed by atoms with E-state index in [0.29, 0.717) is 23.4 Å². The molecule has 0 saturated heterocycles. The average Bonchev–Trinajstić information content (AvgIpc) is 3.33. The van der Waals surface area contributed by atoms with E-state index < -0.39 is 6.36 Å². The predicted molar refractivity (Wildman–Crippen MR) is 145 cm³/mol. The van der Waals surface area contributed by atoms with Crippen LogP contribution in [0.5, 0.6) is 5.75 Å². The summed E-state index contributed by atoms with van der Waals surface area (Å²) in [7, 11) is 0. The van der Waals surface area contributed by atoms with Gasteiger partial charge in [-0.25, -0.2) is 9.19 Å². The van der Waals surface area contributed by atoms with Gasteiger partial charge in [-0.2, -0.15) is 0 Å². The number of rotatable bonds is 6. The van der Waals surface area contributed by atoms with Crippen LogP contribution in [0, 0.1) is 13.8 Å². The highest BCUT2D eigenvalue weighted by atomic mass is 32.2. The summed E-state index contributed by atoms with van der Waals surface area (Å²) in [6.45, 7) is 3.86. The monoisotopic (exact) mass is 552 g/mol. The van der Waals surface area contributed by atoms with E-state index in [9.17, 15) is 18.0 Å². The number of carbonyl (C=O) groups excluding carboxylic acids is 1. The molecule has 2 N–H and O–H groups in total. The first-order valence-corrected chi connectivity index (χ1v) is 12.8. The topological polar surface area (TPSA) is 88.8 Å². The average molecular weight is 553 g/mol. The van der Waals surface area contributed by atoms with Crippen LogP contribution in [-0.4, -0.2) is 23.8 Å². The lowest BCUT2D eigenvalue weighted by Gasteiger charge is -2.16. The Labute approximate surface area is 226 Å². The number of alkyl halides is 3. The van der Waals surface area contributed by atoms with Crippen LogP contribution in [0.15, 0.2) is 69.6 Å². The number of urea groups is 1. The van der Waals surface area contributed by atoms with Crippen LogP contribution in [0.2, 0.25) is 0 Å². The number of para-hydroxylation sites is 1. The molecule has 0 atom stereocenters. The number of carbonyl (C=O) groups is 1. The van der Waals surface area contributed by atoms with Crippen LogP contribution in [0.3, 0.4) is 0 Å². The van der Waals surface area contributed by atoms with Crippen LogP contribution < -0.4 is 14.8 Å². The summed E-state index contributed by atoms with van der Waals surface area (Å²) in [6.07, 6.45) is -1.68. The van der Waals surface area contributed by atoms with Crippen molar-refractivity contribution in [3.63, 3.8) is 0 Å². The van der Waals surface area contributed by atoms with E-state index in [1.54, 1.807) is 6.21 Å². The molecule has 0 saturated carbocycles. The second-order valence-corrected chi connectivity index (χ2v) is 9.57. The molecule has 1 aliphatic carbocycles. The Hall–Kier alpha value is -4.25. The molecule has 200 valence electrons. The minimum absolute atomic E-state index is 0.297. The summed E-state index contributed by atoms with van der Waals surface area (Å²) < 4.78 is 53.8. The van der Waals surface area contributed by atoms with Gasteiger partial charge < -0.3 is 14.6 Å². The molecule has 1 heterocycles. The highest BCUT2D eigenvalue weighted by molar-refractivity contribution is 7.96. The number of anilines is 1. The van der Waals surface area contributed by atoms with Crippen LogP contribution >= 0.6 is 12.1 Å². The van der Waals surface area contributed by atoms with Gasteiger partial charge in [0.05, 0.1) is 12.1 Å². The largest absolute Gasteiger partial charge is 0.573 e. The van der Waals surface area contributed by atoms with Gasteiger partial charge in [-0.1, -0.05) is 35.5 Å². The van der Waals surface area contributed by atoms with Crippen molar-refractivity contribution in [1.82, 2.24) is 9.88 Å². The maximum atomic E-state index is 12.4. The standard InChI is InChI=1S/C28H23F3N4O3S/c1-16-4-3-5-17(2)24(16)33-27(36)35-39-32-15-18-6-12-22-20(14-18)9-13-23-25(22)34-38-26(23)19-7-10-21(11-8-19)37-28(29,30)31/h3-8,10-12,14-15H,9,13H2,1-2H3,(H2,33,35,36). The van der Waals surface area contributed by atoms with Crippen molar-refractivity contribution < 1.29 is 27.2 Å². The summed E-state index contributed by atoms with van der Waals surface area (Å²) in [4.78, 5) is 12.2. The lowest BCUT2D eigenvalue weighted by Crippen LogP contribution is -2.23. The summed E-state index contributed by atoms with van der Waals surface area (Å²) >= 11 is 0.927. The van der Waals surface area contributed by atoms with Crippen LogP contribution in [0.4, 0.5) is 23.7 Å². The molecule has 1 aliphatic rings. The van der Waals surface area contributed by atoms with Crippen molar-refractivity contribution in [2.24, 2.45) is 4.40 Å². The van der Waals surface area contributed by atoms with Gasteiger partial charge >= 0.3 is 12.4 Å². The number of aryl methyl sites for hydroxylation is 3. The zero-order chi connectivity index (χ0) is 27.6. The SMILES string of the molecule is Cc1cccc(C)c1NC(=O)NSN=Cc1ccc2c(c1)CCc1c-2noc1-c1ccc(OC(F)(F)F)cc1. The summed E-state index contributed by atoms with van der Waals surface area (Å²) in [5.41, 5.74) is 7.84. The second kappa shape index (κ2) is 10.9. The normalized spacial score (nSPS) is 12.6. The van der Waals surface area contributed by atoms with Gasteiger partial charge in [0.2, 0.25) is 0 Å². The summed E-state index contributed by atoms with van der Waals surface area (Å²) in [6, 6.07) is 16.8. The molecule has 11 heteroatoms. The molecule has 0 aliphatic heterocycles. The van der Waals surface area contributed by atoms with E-state index in [1.807, 2.05) is 50.2 Å². The van der Waals surface area contributed by atoms with E-state index in [-0.39, 0.29) is 11.8 Å². The molecular weight excluding hydrogens is 529 g/mol.